The monoisotopic (exact) mass is 571 g/mol. The summed E-state index contributed by atoms with van der Waals surface area (Å²) in [5, 5.41) is 9.86. The fourth-order valence-corrected chi connectivity index (χ4v) is 5.09. The smallest absolute Gasteiger partial charge is 0.219 e. The molecular weight excluding hydrogens is 542 g/mol. The van der Waals surface area contributed by atoms with Crippen LogP contribution in [-0.2, 0) is 10.1 Å². The van der Waals surface area contributed by atoms with Crippen LogP contribution in [0.1, 0.15) is 5.56 Å². The number of hydrogen-bond donors (Lipinski definition) is 1. The van der Waals surface area contributed by atoms with E-state index in [1.165, 1.54) is 17.7 Å². The third kappa shape index (κ3) is 6.81. The molecule has 5 aromatic carbocycles. The molecule has 0 saturated heterocycles. The van der Waals surface area contributed by atoms with Gasteiger partial charge in [0.25, 0.3) is 0 Å². The zero-order valence-electron chi connectivity index (χ0n) is 23.0. The molecule has 0 atom stereocenters. The Balaban J connectivity index is 0.000000271. The van der Waals surface area contributed by atoms with Gasteiger partial charge in [0.05, 0.1) is 4.90 Å². The van der Waals surface area contributed by atoms with Crippen molar-refractivity contribution in [3.63, 3.8) is 0 Å². The molecular formula is C36H29NO4S. The van der Waals surface area contributed by atoms with E-state index < -0.39 is 10.1 Å². The summed E-state index contributed by atoms with van der Waals surface area (Å²) in [5.41, 5.74) is 8.70. The van der Waals surface area contributed by atoms with E-state index in [0.717, 1.165) is 39.3 Å². The predicted octanol–water partition coefficient (Wildman–Crippen LogP) is 7.57. The van der Waals surface area contributed by atoms with Crippen LogP contribution in [0.25, 0.3) is 39.3 Å². The third-order valence-corrected chi connectivity index (χ3v) is 7.58. The van der Waals surface area contributed by atoms with Crippen LogP contribution in [0.2, 0.25) is 0 Å². The second-order valence-electron chi connectivity index (χ2n) is 9.73. The molecule has 1 aromatic heterocycles. The lowest BCUT2D eigenvalue weighted by Gasteiger charge is -2.12. The Morgan fingerprint density at radius 1 is 0.548 bits per heavy atom. The van der Waals surface area contributed by atoms with Crippen molar-refractivity contribution in [1.82, 2.24) is 0 Å². The highest BCUT2D eigenvalue weighted by Crippen LogP contribution is 2.30. The average Bonchev–Trinajstić information content (AvgIpc) is 3.02. The van der Waals surface area contributed by atoms with Gasteiger partial charge in [0.2, 0.25) is 17.1 Å². The molecule has 208 valence electrons. The van der Waals surface area contributed by atoms with Crippen molar-refractivity contribution in [3.05, 3.63) is 157 Å². The fraction of sp³-hybridized carbons (Fsp3) is 0.0278. The largest absolute Gasteiger partial charge is 0.744 e. The molecule has 42 heavy (non-hydrogen) atoms. The zero-order valence-corrected chi connectivity index (χ0v) is 23.8. The first-order valence-electron chi connectivity index (χ1n) is 13.4. The number of phenolic OH excluding ortho intramolecular Hbond substituents is 1. The van der Waals surface area contributed by atoms with Gasteiger partial charge in [-0.05, 0) is 66.6 Å². The highest BCUT2D eigenvalue weighted by atomic mass is 32.2. The lowest BCUT2D eigenvalue weighted by Crippen LogP contribution is -2.36. The number of benzene rings is 5. The molecule has 0 aliphatic heterocycles. The fourth-order valence-electron chi connectivity index (χ4n) is 4.62. The summed E-state index contributed by atoms with van der Waals surface area (Å²) in [6, 6.07) is 49.0. The molecule has 0 saturated carbocycles. The number of rotatable bonds is 5. The Morgan fingerprint density at radius 2 is 0.976 bits per heavy atom. The van der Waals surface area contributed by atoms with E-state index in [4.69, 9.17) is 0 Å². The van der Waals surface area contributed by atoms with E-state index in [1.54, 1.807) is 24.3 Å². The normalized spacial score (nSPS) is 10.9. The van der Waals surface area contributed by atoms with Gasteiger partial charge < -0.3 is 9.66 Å². The van der Waals surface area contributed by atoms with Crippen molar-refractivity contribution >= 4 is 10.1 Å². The maximum atomic E-state index is 10.4. The van der Waals surface area contributed by atoms with Gasteiger partial charge in [0, 0.05) is 35.4 Å². The first-order chi connectivity index (χ1) is 20.3. The van der Waals surface area contributed by atoms with Gasteiger partial charge in [-0.1, -0.05) is 84.4 Å². The lowest BCUT2D eigenvalue weighted by molar-refractivity contribution is -0.572. The van der Waals surface area contributed by atoms with Crippen LogP contribution in [0.4, 0.5) is 0 Å². The molecule has 6 aromatic rings. The number of nitrogens with zero attached hydrogens (tertiary/aromatic N) is 1. The number of pyridine rings is 1. The summed E-state index contributed by atoms with van der Waals surface area (Å²) >= 11 is 0. The van der Waals surface area contributed by atoms with Crippen molar-refractivity contribution in [2.75, 3.05) is 0 Å². The van der Waals surface area contributed by atoms with Crippen LogP contribution in [0.5, 0.6) is 5.75 Å². The molecule has 0 aliphatic rings. The Hall–Kier alpha value is -5.04. The Kier molecular flexibility index (Phi) is 8.58. The molecule has 0 radical (unpaired) electrons. The summed E-state index contributed by atoms with van der Waals surface area (Å²) < 4.78 is 33.4. The van der Waals surface area contributed by atoms with Crippen LogP contribution in [0.3, 0.4) is 0 Å². The number of aromatic nitrogens is 1. The van der Waals surface area contributed by atoms with Crippen molar-refractivity contribution in [2.45, 2.75) is 11.8 Å². The summed E-state index contributed by atoms with van der Waals surface area (Å²) in [4.78, 5) is -0.178. The van der Waals surface area contributed by atoms with E-state index in [1.807, 2.05) is 37.3 Å². The number of aromatic hydroxyl groups is 1. The minimum Gasteiger partial charge on any atom is -0.744 e. The molecule has 0 fully saturated rings. The summed E-state index contributed by atoms with van der Waals surface area (Å²) in [7, 11) is -4.27. The molecule has 1 N–H and O–H groups in total. The summed E-state index contributed by atoms with van der Waals surface area (Å²) in [6.45, 7) is 1.82. The van der Waals surface area contributed by atoms with Gasteiger partial charge in [0.1, 0.15) is 15.9 Å². The van der Waals surface area contributed by atoms with E-state index in [0.29, 0.717) is 0 Å². The van der Waals surface area contributed by atoms with E-state index in [2.05, 4.69) is 89.5 Å². The second kappa shape index (κ2) is 12.6. The Bertz CT molecular complexity index is 1810. The molecule has 0 amide bonds. The number of phenols is 1. The highest BCUT2D eigenvalue weighted by Gasteiger charge is 2.24. The van der Waals surface area contributed by atoms with Crippen LogP contribution >= 0.6 is 0 Å². The Morgan fingerprint density at radius 3 is 1.40 bits per heavy atom. The van der Waals surface area contributed by atoms with Crippen molar-refractivity contribution in [3.8, 4) is 45.1 Å². The zero-order chi connectivity index (χ0) is 29.5. The molecule has 6 rings (SSSR count). The number of aryl methyl sites for hydroxylation is 1. The second-order valence-corrected chi connectivity index (χ2v) is 11.1. The summed E-state index contributed by atoms with van der Waals surface area (Å²) in [5.74, 6) is 0.257. The maximum Gasteiger partial charge on any atom is 0.219 e. The molecule has 5 nitrogen and oxygen atoms in total. The number of hydrogen-bond acceptors (Lipinski definition) is 4. The Labute approximate surface area is 246 Å². The molecule has 0 spiro atoms. The topological polar surface area (TPSA) is 81.3 Å². The van der Waals surface area contributed by atoms with E-state index in [-0.39, 0.29) is 10.6 Å². The van der Waals surface area contributed by atoms with Gasteiger partial charge in [0.15, 0.2) is 0 Å². The van der Waals surface area contributed by atoms with E-state index >= 15 is 0 Å². The average molecular weight is 572 g/mol. The van der Waals surface area contributed by atoms with Gasteiger partial charge in [-0.25, -0.2) is 8.42 Å². The molecule has 6 heteroatoms. The highest BCUT2D eigenvalue weighted by molar-refractivity contribution is 7.85. The first kappa shape index (κ1) is 28.5. The molecule has 0 bridgehead atoms. The maximum absolute atomic E-state index is 10.4. The standard InChI is InChI=1S/C29H21NO.C7H8O3S/c31-27-18-16-26(17-19-27)30-28(23-12-6-2-7-13-23)20-25(22-10-4-1-5-11-22)21-29(30)24-14-8-3-9-15-24;1-6-2-4-7(5-3-6)11(8,9)10/h1-21H;2-5H,1H3,(H,8,9,10). The van der Waals surface area contributed by atoms with Crippen LogP contribution in [0.15, 0.2) is 157 Å². The van der Waals surface area contributed by atoms with Gasteiger partial charge in [-0.3, -0.25) is 0 Å². The SMILES string of the molecule is Cc1ccc(S(=O)(=O)[O-])cc1.Oc1ccc(-[n+]2c(-c3ccccc3)cc(-c3ccccc3)cc2-c2ccccc2)cc1. The van der Waals surface area contributed by atoms with Crippen molar-refractivity contribution in [2.24, 2.45) is 0 Å². The quantitative estimate of drug-likeness (QED) is 0.171. The summed E-state index contributed by atoms with van der Waals surface area (Å²) in [6.07, 6.45) is 0. The molecule has 0 aliphatic carbocycles. The van der Waals surface area contributed by atoms with Crippen LogP contribution in [0, 0.1) is 6.92 Å². The van der Waals surface area contributed by atoms with Crippen molar-refractivity contribution in [1.29, 1.82) is 0 Å². The van der Waals surface area contributed by atoms with Gasteiger partial charge in [-0.2, -0.15) is 4.57 Å². The minimum absolute atomic E-state index is 0.178. The van der Waals surface area contributed by atoms with Gasteiger partial charge >= 0.3 is 0 Å². The minimum atomic E-state index is -4.27. The molecule has 1 heterocycles. The molecule has 0 unspecified atom stereocenters. The van der Waals surface area contributed by atoms with Crippen LogP contribution in [-0.4, -0.2) is 18.1 Å². The van der Waals surface area contributed by atoms with Gasteiger partial charge in [-0.15, -0.1) is 0 Å². The predicted molar refractivity (Wildman–Crippen MR) is 165 cm³/mol. The van der Waals surface area contributed by atoms with Crippen LogP contribution < -0.4 is 4.57 Å². The van der Waals surface area contributed by atoms with E-state index in [9.17, 15) is 18.1 Å². The third-order valence-electron chi connectivity index (χ3n) is 6.73. The van der Waals surface area contributed by atoms with Crippen molar-refractivity contribution < 1.29 is 22.6 Å². The lowest BCUT2D eigenvalue weighted by atomic mass is 9.98. The first-order valence-corrected chi connectivity index (χ1v) is 14.8.